The van der Waals surface area contributed by atoms with Crippen LogP contribution in [0.4, 0.5) is 0 Å². The maximum Gasteiger partial charge on any atom is 0.225 e. The highest BCUT2D eigenvalue weighted by atomic mass is 32.1. The molecule has 2 aliphatic rings. The van der Waals surface area contributed by atoms with Crippen molar-refractivity contribution in [3.05, 3.63) is 52.0 Å². The van der Waals surface area contributed by atoms with Gasteiger partial charge < -0.3 is 14.4 Å². The van der Waals surface area contributed by atoms with E-state index in [-0.39, 0.29) is 18.1 Å². The molecule has 0 saturated carbocycles. The maximum absolute atomic E-state index is 12.6. The second-order valence-electron chi connectivity index (χ2n) is 6.51. The Labute approximate surface area is 151 Å². The normalized spacial score (nSPS) is 22.8. The standard InChI is InChI=1S/C19H22N2O3S/c22-18(11-17-19-14(5-9-23-17)6-10-25-19)21-8-4-16(12-21)24-13-15-3-1-2-7-20-15/h1-3,6-7,10,16-17H,4-5,8-9,11-13H2. The summed E-state index contributed by atoms with van der Waals surface area (Å²) < 4.78 is 11.8. The van der Waals surface area contributed by atoms with E-state index in [0.717, 1.165) is 25.1 Å². The zero-order valence-electron chi connectivity index (χ0n) is 14.1. The number of fused-ring (bicyclic) bond motifs is 1. The fourth-order valence-corrected chi connectivity index (χ4v) is 4.44. The molecule has 0 aliphatic carbocycles. The highest BCUT2D eigenvalue weighted by Gasteiger charge is 2.31. The second-order valence-corrected chi connectivity index (χ2v) is 7.45. The SMILES string of the molecule is O=C(CC1OCCc2ccsc21)N1CCC(OCc2ccccn2)C1. The van der Waals surface area contributed by atoms with Crippen molar-refractivity contribution in [1.82, 2.24) is 9.88 Å². The van der Waals surface area contributed by atoms with Gasteiger partial charge >= 0.3 is 0 Å². The number of hydrogen-bond acceptors (Lipinski definition) is 5. The van der Waals surface area contributed by atoms with Crippen molar-refractivity contribution >= 4 is 17.2 Å². The smallest absolute Gasteiger partial charge is 0.225 e. The van der Waals surface area contributed by atoms with Gasteiger partial charge in [0, 0.05) is 24.2 Å². The molecule has 2 atom stereocenters. The lowest BCUT2D eigenvalue weighted by molar-refractivity contribution is -0.134. The van der Waals surface area contributed by atoms with Gasteiger partial charge in [0.2, 0.25) is 5.91 Å². The summed E-state index contributed by atoms with van der Waals surface area (Å²) >= 11 is 1.70. The van der Waals surface area contributed by atoms with Crippen LogP contribution in [0.25, 0.3) is 0 Å². The first-order valence-electron chi connectivity index (χ1n) is 8.77. The number of hydrogen-bond donors (Lipinski definition) is 0. The molecule has 25 heavy (non-hydrogen) atoms. The molecule has 4 rings (SSSR count). The minimum Gasteiger partial charge on any atom is -0.372 e. The molecule has 2 aromatic rings. The Morgan fingerprint density at radius 2 is 2.36 bits per heavy atom. The average Bonchev–Trinajstić information content (AvgIpc) is 3.31. The van der Waals surface area contributed by atoms with Crippen LogP contribution in [0.3, 0.4) is 0 Å². The highest BCUT2D eigenvalue weighted by Crippen LogP contribution is 2.34. The van der Waals surface area contributed by atoms with Crippen molar-refractivity contribution in [1.29, 1.82) is 0 Å². The zero-order valence-corrected chi connectivity index (χ0v) is 14.9. The number of thiophene rings is 1. The number of carbonyl (C=O) groups is 1. The lowest BCUT2D eigenvalue weighted by Crippen LogP contribution is -2.32. The van der Waals surface area contributed by atoms with Crippen LogP contribution in [0.1, 0.15) is 35.1 Å². The number of likely N-dealkylation sites (tertiary alicyclic amines) is 1. The third-order valence-electron chi connectivity index (χ3n) is 4.81. The van der Waals surface area contributed by atoms with E-state index in [9.17, 15) is 4.79 Å². The third kappa shape index (κ3) is 3.92. The summed E-state index contributed by atoms with van der Waals surface area (Å²) in [6, 6.07) is 7.96. The fraction of sp³-hybridized carbons (Fsp3) is 0.474. The van der Waals surface area contributed by atoms with Gasteiger partial charge in [-0.25, -0.2) is 0 Å². The van der Waals surface area contributed by atoms with Gasteiger partial charge in [0.1, 0.15) is 6.10 Å². The number of amides is 1. The van der Waals surface area contributed by atoms with Crippen molar-refractivity contribution in [2.45, 2.75) is 38.1 Å². The second kappa shape index (κ2) is 7.64. The summed E-state index contributed by atoms with van der Waals surface area (Å²) in [5.41, 5.74) is 2.26. The van der Waals surface area contributed by atoms with E-state index >= 15 is 0 Å². The molecule has 1 saturated heterocycles. The number of carbonyl (C=O) groups excluding carboxylic acids is 1. The Balaban J connectivity index is 1.28. The molecule has 0 radical (unpaired) electrons. The summed E-state index contributed by atoms with van der Waals surface area (Å²) in [7, 11) is 0. The minimum atomic E-state index is -0.0789. The van der Waals surface area contributed by atoms with E-state index in [4.69, 9.17) is 9.47 Å². The van der Waals surface area contributed by atoms with Gasteiger partial charge in [-0.05, 0) is 42.0 Å². The molecule has 5 nitrogen and oxygen atoms in total. The molecule has 4 heterocycles. The van der Waals surface area contributed by atoms with Crippen LogP contribution in [0.15, 0.2) is 35.8 Å². The first kappa shape index (κ1) is 16.7. The van der Waals surface area contributed by atoms with Gasteiger partial charge in [-0.2, -0.15) is 0 Å². The van der Waals surface area contributed by atoms with Crippen molar-refractivity contribution < 1.29 is 14.3 Å². The Hall–Kier alpha value is -1.76. The molecule has 2 aromatic heterocycles. The number of rotatable bonds is 5. The number of ether oxygens (including phenoxy) is 2. The molecule has 2 unspecified atom stereocenters. The molecule has 0 spiro atoms. The molecule has 1 fully saturated rings. The lowest BCUT2D eigenvalue weighted by atomic mass is 10.1. The molecule has 0 aromatic carbocycles. The summed E-state index contributed by atoms with van der Waals surface area (Å²) in [6.45, 7) is 2.63. The molecule has 1 amide bonds. The summed E-state index contributed by atoms with van der Waals surface area (Å²) in [5.74, 6) is 0.162. The molecule has 6 heteroatoms. The highest BCUT2D eigenvalue weighted by molar-refractivity contribution is 7.10. The largest absolute Gasteiger partial charge is 0.372 e. The molecule has 132 valence electrons. The van der Waals surface area contributed by atoms with Crippen molar-refractivity contribution in [3.63, 3.8) is 0 Å². The monoisotopic (exact) mass is 358 g/mol. The Morgan fingerprint density at radius 1 is 1.40 bits per heavy atom. The van der Waals surface area contributed by atoms with E-state index in [1.54, 1.807) is 17.5 Å². The summed E-state index contributed by atoms with van der Waals surface area (Å²) in [5, 5.41) is 2.09. The van der Waals surface area contributed by atoms with E-state index < -0.39 is 0 Å². The lowest BCUT2D eigenvalue weighted by Gasteiger charge is -2.25. The van der Waals surface area contributed by atoms with Gasteiger partial charge in [-0.15, -0.1) is 11.3 Å². The van der Waals surface area contributed by atoms with Crippen molar-refractivity contribution in [2.24, 2.45) is 0 Å². The van der Waals surface area contributed by atoms with Crippen molar-refractivity contribution in [2.75, 3.05) is 19.7 Å². The van der Waals surface area contributed by atoms with Crippen LogP contribution in [0.5, 0.6) is 0 Å². The van der Waals surface area contributed by atoms with Crippen LogP contribution in [0, 0.1) is 0 Å². The van der Waals surface area contributed by atoms with Gasteiger partial charge in [0.15, 0.2) is 0 Å². The van der Waals surface area contributed by atoms with Gasteiger partial charge in [-0.1, -0.05) is 6.07 Å². The fourth-order valence-electron chi connectivity index (χ4n) is 3.44. The Bertz CT molecular complexity index is 718. The van der Waals surface area contributed by atoms with Gasteiger partial charge in [0.05, 0.1) is 31.4 Å². The number of pyridine rings is 1. The van der Waals surface area contributed by atoms with Crippen LogP contribution < -0.4 is 0 Å². The molecular weight excluding hydrogens is 336 g/mol. The molecule has 2 aliphatic heterocycles. The third-order valence-corrected chi connectivity index (χ3v) is 5.87. The van der Waals surface area contributed by atoms with E-state index in [1.807, 2.05) is 23.1 Å². The Morgan fingerprint density at radius 3 is 3.24 bits per heavy atom. The average molecular weight is 358 g/mol. The van der Waals surface area contributed by atoms with E-state index in [0.29, 0.717) is 26.2 Å². The van der Waals surface area contributed by atoms with Crippen LogP contribution in [0.2, 0.25) is 0 Å². The summed E-state index contributed by atoms with van der Waals surface area (Å²) in [6.07, 6.45) is 4.05. The minimum absolute atomic E-state index is 0.0789. The predicted octanol–water partition coefficient (Wildman–Crippen LogP) is 2.96. The van der Waals surface area contributed by atoms with Crippen LogP contribution in [-0.4, -0.2) is 41.6 Å². The Kier molecular flexibility index (Phi) is 5.10. The quantitative estimate of drug-likeness (QED) is 0.825. The van der Waals surface area contributed by atoms with E-state index in [1.165, 1.54) is 10.4 Å². The number of nitrogens with zero attached hydrogens (tertiary/aromatic N) is 2. The van der Waals surface area contributed by atoms with Crippen LogP contribution in [-0.2, 0) is 27.3 Å². The van der Waals surface area contributed by atoms with Crippen LogP contribution >= 0.6 is 11.3 Å². The first-order chi connectivity index (χ1) is 12.3. The van der Waals surface area contributed by atoms with Gasteiger partial charge in [-0.3, -0.25) is 9.78 Å². The topological polar surface area (TPSA) is 51.7 Å². The maximum atomic E-state index is 12.6. The van der Waals surface area contributed by atoms with E-state index in [2.05, 4.69) is 16.4 Å². The molecule has 0 bridgehead atoms. The first-order valence-corrected chi connectivity index (χ1v) is 9.64. The van der Waals surface area contributed by atoms with Crippen molar-refractivity contribution in [3.8, 4) is 0 Å². The zero-order chi connectivity index (χ0) is 17.1. The van der Waals surface area contributed by atoms with Gasteiger partial charge in [0.25, 0.3) is 0 Å². The number of aromatic nitrogens is 1. The predicted molar refractivity (Wildman–Crippen MR) is 95.3 cm³/mol. The molecular formula is C19H22N2O3S. The summed E-state index contributed by atoms with van der Waals surface area (Å²) in [4.78, 5) is 20.0. The molecule has 0 N–H and O–H groups in total.